The van der Waals surface area contributed by atoms with E-state index < -0.39 is 0 Å². The summed E-state index contributed by atoms with van der Waals surface area (Å²) < 4.78 is 16.5. The maximum atomic E-state index is 12.3. The van der Waals surface area contributed by atoms with Crippen LogP contribution >= 0.6 is 0 Å². The fourth-order valence-corrected chi connectivity index (χ4v) is 3.64. The molecule has 0 bridgehead atoms. The molecule has 3 aromatic rings. The number of nitrogens with one attached hydrogen (secondary N) is 2. The molecule has 2 amide bonds. The molecule has 2 N–H and O–H groups in total. The Morgan fingerprint density at radius 1 is 1.18 bits per heavy atom. The standard InChI is InChI=1S/C20H20N4O4/c25-19(22-13-7-8-17-18(10-13)27-12-26-17)21-11-14-4-3-9-24(14)20-23-15-5-1-2-6-16(15)28-20/h1-2,5-8,10,14H,3-4,9,11-12H2,(H2,21,22,25). The first-order chi connectivity index (χ1) is 13.8. The number of urea groups is 1. The molecular formula is C20H20N4O4. The van der Waals surface area contributed by atoms with E-state index in [1.165, 1.54) is 0 Å². The Morgan fingerprint density at radius 3 is 3.00 bits per heavy atom. The number of hydrogen-bond acceptors (Lipinski definition) is 6. The van der Waals surface area contributed by atoms with E-state index in [1.54, 1.807) is 18.2 Å². The number of ether oxygens (including phenoxy) is 2. The van der Waals surface area contributed by atoms with Crippen molar-refractivity contribution in [2.45, 2.75) is 18.9 Å². The smallest absolute Gasteiger partial charge is 0.319 e. The van der Waals surface area contributed by atoms with Gasteiger partial charge in [-0.1, -0.05) is 12.1 Å². The second-order valence-corrected chi connectivity index (χ2v) is 6.86. The lowest BCUT2D eigenvalue weighted by molar-refractivity contribution is 0.174. The lowest BCUT2D eigenvalue weighted by Gasteiger charge is -2.23. The monoisotopic (exact) mass is 380 g/mol. The van der Waals surface area contributed by atoms with Gasteiger partial charge in [0.2, 0.25) is 6.79 Å². The zero-order valence-electron chi connectivity index (χ0n) is 15.2. The van der Waals surface area contributed by atoms with E-state index in [0.29, 0.717) is 29.7 Å². The minimum Gasteiger partial charge on any atom is -0.454 e. The van der Waals surface area contributed by atoms with Crippen LogP contribution in [0, 0.1) is 0 Å². The first-order valence-electron chi connectivity index (χ1n) is 9.33. The Balaban J connectivity index is 1.21. The van der Waals surface area contributed by atoms with E-state index in [-0.39, 0.29) is 18.9 Å². The van der Waals surface area contributed by atoms with Gasteiger partial charge in [0.1, 0.15) is 5.52 Å². The molecule has 1 saturated heterocycles. The number of aromatic nitrogens is 1. The number of carbonyl (C=O) groups is 1. The Hall–Kier alpha value is -3.42. The maximum absolute atomic E-state index is 12.3. The fraction of sp³-hybridized carbons (Fsp3) is 0.300. The first kappa shape index (κ1) is 16.7. The number of carbonyl (C=O) groups excluding carboxylic acids is 1. The van der Waals surface area contributed by atoms with E-state index in [4.69, 9.17) is 13.9 Å². The van der Waals surface area contributed by atoms with E-state index >= 15 is 0 Å². The van der Waals surface area contributed by atoms with Crippen molar-refractivity contribution >= 4 is 28.8 Å². The van der Waals surface area contributed by atoms with Gasteiger partial charge in [0.25, 0.3) is 6.01 Å². The third-order valence-corrected chi connectivity index (χ3v) is 5.03. The van der Waals surface area contributed by atoms with Gasteiger partial charge in [-0.15, -0.1) is 0 Å². The molecule has 0 radical (unpaired) electrons. The van der Waals surface area contributed by atoms with Gasteiger partial charge in [-0.25, -0.2) is 4.79 Å². The number of nitrogens with zero attached hydrogens (tertiary/aromatic N) is 2. The van der Waals surface area contributed by atoms with Crippen LogP contribution in [0.1, 0.15) is 12.8 Å². The molecule has 2 aliphatic heterocycles. The van der Waals surface area contributed by atoms with E-state index in [1.807, 2.05) is 24.3 Å². The summed E-state index contributed by atoms with van der Waals surface area (Å²) in [4.78, 5) is 19.0. The second-order valence-electron chi connectivity index (χ2n) is 6.86. The van der Waals surface area contributed by atoms with Crippen molar-refractivity contribution < 1.29 is 18.7 Å². The zero-order chi connectivity index (χ0) is 18.9. The summed E-state index contributed by atoms with van der Waals surface area (Å²) >= 11 is 0. The van der Waals surface area contributed by atoms with Gasteiger partial charge in [0.05, 0.1) is 6.04 Å². The Morgan fingerprint density at radius 2 is 2.07 bits per heavy atom. The molecule has 2 aliphatic rings. The van der Waals surface area contributed by atoms with Crippen LogP contribution in [-0.2, 0) is 0 Å². The molecule has 1 aromatic heterocycles. The number of amides is 2. The number of rotatable bonds is 4. The topological polar surface area (TPSA) is 88.9 Å². The molecule has 28 heavy (non-hydrogen) atoms. The minimum atomic E-state index is -0.261. The van der Waals surface area contributed by atoms with Crippen molar-refractivity contribution in [3.8, 4) is 11.5 Å². The highest BCUT2D eigenvalue weighted by Crippen LogP contribution is 2.34. The molecule has 8 nitrogen and oxygen atoms in total. The minimum absolute atomic E-state index is 0.149. The molecule has 1 unspecified atom stereocenters. The van der Waals surface area contributed by atoms with Gasteiger partial charge in [0.15, 0.2) is 17.1 Å². The fourth-order valence-electron chi connectivity index (χ4n) is 3.64. The van der Waals surface area contributed by atoms with Crippen molar-refractivity contribution in [1.29, 1.82) is 0 Å². The van der Waals surface area contributed by atoms with Crippen LogP contribution in [0.25, 0.3) is 11.1 Å². The molecular weight excluding hydrogens is 360 g/mol. The Bertz CT molecular complexity index is 985. The van der Waals surface area contributed by atoms with Crippen LogP contribution in [0.15, 0.2) is 46.9 Å². The Labute approximate surface area is 161 Å². The van der Waals surface area contributed by atoms with E-state index in [0.717, 1.165) is 30.5 Å². The van der Waals surface area contributed by atoms with Crippen LogP contribution < -0.4 is 25.0 Å². The van der Waals surface area contributed by atoms with Gasteiger partial charge in [-0.2, -0.15) is 4.98 Å². The van der Waals surface area contributed by atoms with Crippen LogP contribution in [0.3, 0.4) is 0 Å². The predicted molar refractivity (Wildman–Crippen MR) is 104 cm³/mol. The second kappa shape index (κ2) is 6.95. The first-order valence-corrected chi connectivity index (χ1v) is 9.33. The highest BCUT2D eigenvalue weighted by molar-refractivity contribution is 5.89. The zero-order valence-corrected chi connectivity index (χ0v) is 15.2. The summed E-state index contributed by atoms with van der Waals surface area (Å²) in [5, 5.41) is 5.77. The maximum Gasteiger partial charge on any atom is 0.319 e. The van der Waals surface area contributed by atoms with Crippen molar-refractivity contribution in [3.05, 3.63) is 42.5 Å². The highest BCUT2D eigenvalue weighted by atomic mass is 16.7. The summed E-state index contributed by atoms with van der Waals surface area (Å²) in [6.07, 6.45) is 2.01. The van der Waals surface area contributed by atoms with Crippen molar-refractivity contribution in [3.63, 3.8) is 0 Å². The number of oxazole rings is 1. The number of fused-ring (bicyclic) bond motifs is 2. The Kier molecular flexibility index (Phi) is 4.16. The molecule has 0 saturated carbocycles. The highest BCUT2D eigenvalue weighted by Gasteiger charge is 2.28. The largest absolute Gasteiger partial charge is 0.454 e. The summed E-state index contributed by atoms with van der Waals surface area (Å²) in [5.41, 5.74) is 2.28. The summed E-state index contributed by atoms with van der Waals surface area (Å²) in [6, 6.07) is 13.5. The van der Waals surface area contributed by atoms with Crippen molar-refractivity contribution in [2.75, 3.05) is 30.1 Å². The quantitative estimate of drug-likeness (QED) is 0.722. The van der Waals surface area contributed by atoms with Crippen molar-refractivity contribution in [1.82, 2.24) is 10.3 Å². The van der Waals surface area contributed by atoms with Crippen molar-refractivity contribution in [2.24, 2.45) is 0 Å². The average Bonchev–Trinajstić information content (AvgIpc) is 3.43. The molecule has 0 spiro atoms. The van der Waals surface area contributed by atoms with Gasteiger partial charge in [-0.3, -0.25) is 0 Å². The number of hydrogen-bond donors (Lipinski definition) is 2. The lowest BCUT2D eigenvalue weighted by atomic mass is 10.2. The molecule has 144 valence electrons. The predicted octanol–water partition coefficient (Wildman–Crippen LogP) is 3.35. The average molecular weight is 380 g/mol. The van der Waals surface area contributed by atoms with Gasteiger partial charge in [-0.05, 0) is 37.1 Å². The summed E-state index contributed by atoms with van der Waals surface area (Å²) in [7, 11) is 0. The number of benzene rings is 2. The summed E-state index contributed by atoms with van der Waals surface area (Å²) in [6.45, 7) is 1.58. The van der Waals surface area contributed by atoms with E-state index in [9.17, 15) is 4.79 Å². The van der Waals surface area contributed by atoms with E-state index in [2.05, 4.69) is 20.5 Å². The molecule has 3 heterocycles. The van der Waals surface area contributed by atoms with Crippen LogP contribution in [0.5, 0.6) is 11.5 Å². The van der Waals surface area contributed by atoms with Gasteiger partial charge >= 0.3 is 6.03 Å². The molecule has 0 aliphatic carbocycles. The van der Waals surface area contributed by atoms with Crippen LogP contribution in [0.4, 0.5) is 16.5 Å². The van der Waals surface area contributed by atoms with Crippen LogP contribution in [0.2, 0.25) is 0 Å². The molecule has 1 atom stereocenters. The molecule has 1 fully saturated rings. The van der Waals surface area contributed by atoms with Gasteiger partial charge < -0.3 is 29.4 Å². The normalized spacial score (nSPS) is 17.9. The third-order valence-electron chi connectivity index (χ3n) is 5.03. The summed E-state index contributed by atoms with van der Waals surface area (Å²) in [5.74, 6) is 1.32. The van der Waals surface area contributed by atoms with Gasteiger partial charge in [0, 0.05) is 24.8 Å². The number of para-hydroxylation sites is 2. The molecule has 5 rings (SSSR count). The van der Waals surface area contributed by atoms with Crippen LogP contribution in [-0.4, -0.2) is 36.9 Å². The molecule has 2 aromatic carbocycles. The third kappa shape index (κ3) is 3.17. The lowest BCUT2D eigenvalue weighted by Crippen LogP contribution is -2.41. The number of anilines is 2. The molecule has 8 heteroatoms. The SMILES string of the molecule is O=C(NCC1CCCN1c1nc2ccccc2o1)Nc1ccc2c(c1)OCO2.